The molecule has 1 aliphatic carbocycles. The summed E-state index contributed by atoms with van der Waals surface area (Å²) >= 11 is 0. The number of benzene rings is 1. The molecule has 0 nitrogen and oxygen atoms in total. The summed E-state index contributed by atoms with van der Waals surface area (Å²) in [5.74, 6) is 0. The van der Waals surface area contributed by atoms with Crippen molar-refractivity contribution in [1.29, 1.82) is 0 Å². The second kappa shape index (κ2) is 5.19. The van der Waals surface area contributed by atoms with Crippen LogP contribution in [0.1, 0.15) is 39.2 Å². The molecule has 2 atom stereocenters. The van der Waals surface area contributed by atoms with Gasteiger partial charge in [-0.05, 0) is 41.7 Å². The summed E-state index contributed by atoms with van der Waals surface area (Å²) in [7, 11) is 0. The van der Waals surface area contributed by atoms with Gasteiger partial charge in [0.05, 0.1) is 0 Å². The van der Waals surface area contributed by atoms with Gasteiger partial charge in [-0.15, -0.1) is 6.58 Å². The van der Waals surface area contributed by atoms with E-state index in [1.54, 1.807) is 5.57 Å². The fraction of sp³-hybridized carbons (Fsp3) is 0.500. The highest BCUT2D eigenvalue weighted by molar-refractivity contribution is 6.60. The van der Waals surface area contributed by atoms with Crippen LogP contribution in [0.5, 0.6) is 0 Å². The summed E-state index contributed by atoms with van der Waals surface area (Å²) < 4.78 is 0. The number of fused-ring (bicyclic) bond motifs is 2. The number of hydrogen-bond acceptors (Lipinski definition) is 0. The SMILES string of the molecule is C=C(C)CB1C[C@]2(C)C=C(c3ccccc3)C[C@](C)(C1)C2. The summed E-state index contributed by atoms with van der Waals surface area (Å²) in [6.45, 7) is 12.1. The lowest BCUT2D eigenvalue weighted by molar-refractivity contribution is 0.208. The molecule has 1 saturated heterocycles. The average Bonchev–Trinajstić information content (AvgIpc) is 2.35. The van der Waals surface area contributed by atoms with Crippen LogP contribution in [-0.4, -0.2) is 6.71 Å². The van der Waals surface area contributed by atoms with Crippen molar-refractivity contribution < 1.29 is 0 Å². The second-order valence-electron chi connectivity index (χ2n) is 8.29. The van der Waals surface area contributed by atoms with E-state index in [-0.39, 0.29) is 0 Å². The molecule has 1 aliphatic heterocycles. The lowest BCUT2D eigenvalue weighted by atomic mass is 9.29. The van der Waals surface area contributed by atoms with E-state index < -0.39 is 0 Å². The van der Waals surface area contributed by atoms with Gasteiger partial charge in [-0.3, -0.25) is 0 Å². The van der Waals surface area contributed by atoms with Gasteiger partial charge >= 0.3 is 0 Å². The van der Waals surface area contributed by atoms with Gasteiger partial charge in [0.15, 0.2) is 0 Å². The highest BCUT2D eigenvalue weighted by atomic mass is 14.4. The number of hydrogen-bond donors (Lipinski definition) is 0. The molecule has 3 rings (SSSR count). The summed E-state index contributed by atoms with van der Waals surface area (Å²) in [6, 6.07) is 11.0. The van der Waals surface area contributed by atoms with Crippen molar-refractivity contribution in [2.45, 2.75) is 52.6 Å². The third-order valence-corrected chi connectivity index (χ3v) is 5.29. The van der Waals surface area contributed by atoms with Crippen molar-refractivity contribution in [2.75, 3.05) is 0 Å². The predicted octanol–water partition coefficient (Wildman–Crippen LogP) is 5.96. The molecule has 0 N–H and O–H groups in total. The molecule has 1 aromatic carbocycles. The lowest BCUT2D eigenvalue weighted by Crippen LogP contribution is -2.42. The van der Waals surface area contributed by atoms with Crippen LogP contribution in [0.3, 0.4) is 0 Å². The maximum absolute atomic E-state index is 4.14. The number of allylic oxidation sites excluding steroid dienone is 3. The second-order valence-corrected chi connectivity index (χ2v) is 8.29. The highest BCUT2D eigenvalue weighted by Gasteiger charge is 2.46. The molecule has 1 fully saturated rings. The maximum atomic E-state index is 4.14. The van der Waals surface area contributed by atoms with Crippen LogP contribution in [-0.2, 0) is 0 Å². The molecule has 110 valence electrons. The molecular weight excluding hydrogens is 251 g/mol. The quantitative estimate of drug-likeness (QED) is 0.472. The molecule has 2 aliphatic rings. The summed E-state index contributed by atoms with van der Waals surface area (Å²) in [6.07, 6.45) is 9.07. The first-order valence-electron chi connectivity index (χ1n) is 8.29. The molecule has 0 aromatic heterocycles. The van der Waals surface area contributed by atoms with E-state index in [9.17, 15) is 0 Å². The third-order valence-electron chi connectivity index (χ3n) is 5.29. The zero-order valence-corrected chi connectivity index (χ0v) is 13.8. The Hall–Kier alpha value is -1.24. The van der Waals surface area contributed by atoms with Crippen molar-refractivity contribution in [1.82, 2.24) is 0 Å². The summed E-state index contributed by atoms with van der Waals surface area (Å²) in [5.41, 5.74) is 5.18. The summed E-state index contributed by atoms with van der Waals surface area (Å²) in [4.78, 5) is 0. The zero-order chi connectivity index (χ0) is 15.1. The van der Waals surface area contributed by atoms with E-state index in [1.807, 2.05) is 0 Å². The smallest absolute Gasteiger partial charge is 0.101 e. The first-order chi connectivity index (χ1) is 9.88. The molecule has 0 saturated carbocycles. The maximum Gasteiger partial charge on any atom is 0.145 e. The van der Waals surface area contributed by atoms with Crippen LogP contribution in [0.15, 0.2) is 48.6 Å². The van der Waals surface area contributed by atoms with Crippen molar-refractivity contribution in [3.63, 3.8) is 0 Å². The minimum Gasteiger partial charge on any atom is -0.101 e. The van der Waals surface area contributed by atoms with Gasteiger partial charge in [-0.1, -0.05) is 74.8 Å². The van der Waals surface area contributed by atoms with Crippen LogP contribution in [0, 0.1) is 10.8 Å². The van der Waals surface area contributed by atoms with Gasteiger partial charge in [-0.25, -0.2) is 0 Å². The molecule has 0 radical (unpaired) electrons. The Morgan fingerprint density at radius 3 is 2.52 bits per heavy atom. The van der Waals surface area contributed by atoms with Crippen LogP contribution in [0.4, 0.5) is 0 Å². The Bertz CT molecular complexity index is 571. The van der Waals surface area contributed by atoms with E-state index in [4.69, 9.17) is 0 Å². The van der Waals surface area contributed by atoms with Gasteiger partial charge in [0.1, 0.15) is 6.71 Å². The number of rotatable bonds is 3. The summed E-state index contributed by atoms with van der Waals surface area (Å²) in [5, 5.41) is 0. The molecule has 0 unspecified atom stereocenters. The molecule has 21 heavy (non-hydrogen) atoms. The molecule has 1 heterocycles. The van der Waals surface area contributed by atoms with E-state index in [0.29, 0.717) is 10.8 Å². The molecule has 2 bridgehead atoms. The van der Waals surface area contributed by atoms with Crippen LogP contribution >= 0.6 is 0 Å². The first kappa shape index (κ1) is 14.7. The van der Waals surface area contributed by atoms with E-state index >= 15 is 0 Å². The Kier molecular flexibility index (Phi) is 3.63. The van der Waals surface area contributed by atoms with Crippen LogP contribution in [0.25, 0.3) is 5.57 Å². The average molecular weight is 278 g/mol. The first-order valence-corrected chi connectivity index (χ1v) is 8.29. The molecule has 1 aromatic rings. The van der Waals surface area contributed by atoms with Crippen molar-refractivity contribution in [3.05, 3.63) is 54.1 Å². The largest absolute Gasteiger partial charge is 0.145 e. The van der Waals surface area contributed by atoms with Gasteiger partial charge in [0.2, 0.25) is 0 Å². The fourth-order valence-electron chi connectivity index (χ4n) is 5.20. The molecule has 1 heteroatoms. The molecular formula is C20H27B. The van der Waals surface area contributed by atoms with E-state index in [0.717, 1.165) is 6.71 Å². The normalized spacial score (nSPS) is 31.8. The van der Waals surface area contributed by atoms with Crippen LogP contribution < -0.4 is 0 Å². The zero-order valence-electron chi connectivity index (χ0n) is 13.8. The topological polar surface area (TPSA) is 0 Å². The minimum absolute atomic E-state index is 0.372. The van der Waals surface area contributed by atoms with Crippen molar-refractivity contribution in [2.24, 2.45) is 10.8 Å². The fourth-order valence-corrected chi connectivity index (χ4v) is 5.20. The van der Waals surface area contributed by atoms with E-state index in [2.05, 4.69) is 63.8 Å². The molecule has 0 amide bonds. The lowest BCUT2D eigenvalue weighted by Gasteiger charge is -2.50. The highest BCUT2D eigenvalue weighted by Crippen LogP contribution is 2.57. The standard InChI is InChI=1S/C20H27B/c1-16(2)12-21-14-19(3)10-18(11-20(4,13-19)15-21)17-8-6-5-7-9-17/h5-10H,1,11-15H2,2-4H3/t19-,20+/m1/s1. The Morgan fingerprint density at radius 2 is 1.90 bits per heavy atom. The predicted molar refractivity (Wildman–Crippen MR) is 94.9 cm³/mol. The van der Waals surface area contributed by atoms with E-state index in [1.165, 1.54) is 42.9 Å². The van der Waals surface area contributed by atoms with Gasteiger partial charge in [0, 0.05) is 0 Å². The minimum atomic E-state index is 0.372. The monoisotopic (exact) mass is 278 g/mol. The molecule has 0 spiro atoms. The Morgan fingerprint density at radius 1 is 1.19 bits per heavy atom. The Balaban J connectivity index is 1.91. The van der Waals surface area contributed by atoms with Crippen molar-refractivity contribution >= 4 is 12.3 Å². The Labute approximate surface area is 130 Å². The van der Waals surface area contributed by atoms with Crippen LogP contribution in [0.2, 0.25) is 19.0 Å². The van der Waals surface area contributed by atoms with Crippen molar-refractivity contribution in [3.8, 4) is 0 Å². The van der Waals surface area contributed by atoms with Gasteiger partial charge < -0.3 is 0 Å². The third kappa shape index (κ3) is 3.17. The van der Waals surface area contributed by atoms with Gasteiger partial charge in [0.25, 0.3) is 0 Å². The van der Waals surface area contributed by atoms with Gasteiger partial charge in [-0.2, -0.15) is 0 Å².